The lowest BCUT2D eigenvalue weighted by atomic mass is 9.91. The average Bonchev–Trinajstić information content (AvgIpc) is 3.01. The van der Waals surface area contributed by atoms with Crippen LogP contribution in [-0.2, 0) is 9.59 Å². The van der Waals surface area contributed by atoms with Crippen LogP contribution >= 0.6 is 0 Å². The van der Waals surface area contributed by atoms with Crippen LogP contribution in [0.3, 0.4) is 0 Å². The third-order valence-corrected chi connectivity index (χ3v) is 5.94. The van der Waals surface area contributed by atoms with E-state index in [4.69, 9.17) is 4.74 Å². The van der Waals surface area contributed by atoms with Gasteiger partial charge in [0.05, 0.1) is 18.7 Å². The largest absolute Gasteiger partial charge is 0.507 e. The monoisotopic (exact) mass is 436 g/mol. The van der Waals surface area contributed by atoms with Crippen molar-refractivity contribution in [2.75, 3.05) is 34.3 Å². The molecule has 6 heteroatoms. The van der Waals surface area contributed by atoms with E-state index in [1.165, 1.54) is 0 Å². The number of methoxy groups -OCH3 is 1. The number of nitrogens with zero attached hydrogens (tertiary/aromatic N) is 2. The van der Waals surface area contributed by atoms with Crippen LogP contribution in [0.15, 0.2) is 48.0 Å². The minimum absolute atomic E-state index is 0.128. The lowest BCUT2D eigenvalue weighted by Gasteiger charge is -2.27. The number of hydrogen-bond acceptors (Lipinski definition) is 5. The summed E-state index contributed by atoms with van der Waals surface area (Å²) in [6.45, 7) is 7.01. The summed E-state index contributed by atoms with van der Waals surface area (Å²) in [4.78, 5) is 29.7. The summed E-state index contributed by atoms with van der Waals surface area (Å²) in [5, 5.41) is 11.3. The predicted octanol–water partition coefficient (Wildman–Crippen LogP) is 4.11. The minimum Gasteiger partial charge on any atom is -0.507 e. The van der Waals surface area contributed by atoms with Gasteiger partial charge < -0.3 is 19.6 Å². The van der Waals surface area contributed by atoms with E-state index in [0.29, 0.717) is 18.7 Å². The topological polar surface area (TPSA) is 70.1 Å². The van der Waals surface area contributed by atoms with Crippen molar-refractivity contribution in [1.29, 1.82) is 0 Å². The van der Waals surface area contributed by atoms with Gasteiger partial charge in [0.25, 0.3) is 11.7 Å². The molecule has 0 radical (unpaired) electrons. The Balaban J connectivity index is 2.20. The van der Waals surface area contributed by atoms with Gasteiger partial charge in [0.15, 0.2) is 0 Å². The number of ether oxygens (including phenoxy) is 1. The smallest absolute Gasteiger partial charge is 0.295 e. The highest BCUT2D eigenvalue weighted by Gasteiger charge is 2.46. The summed E-state index contributed by atoms with van der Waals surface area (Å²) >= 11 is 0. The second-order valence-electron chi connectivity index (χ2n) is 8.76. The molecule has 170 valence electrons. The van der Waals surface area contributed by atoms with Gasteiger partial charge in [-0.15, -0.1) is 0 Å². The average molecular weight is 437 g/mol. The summed E-state index contributed by atoms with van der Waals surface area (Å²) in [6, 6.07) is 12.4. The molecule has 1 unspecified atom stereocenters. The fraction of sp³-hybridized carbons (Fsp3) is 0.385. The Labute approximate surface area is 190 Å². The second kappa shape index (κ2) is 9.57. The van der Waals surface area contributed by atoms with Crippen molar-refractivity contribution in [1.82, 2.24) is 9.80 Å². The van der Waals surface area contributed by atoms with Crippen molar-refractivity contribution >= 4 is 17.4 Å². The van der Waals surface area contributed by atoms with Crippen LogP contribution in [0.4, 0.5) is 0 Å². The first-order valence-corrected chi connectivity index (χ1v) is 10.8. The van der Waals surface area contributed by atoms with Crippen molar-refractivity contribution < 1.29 is 19.4 Å². The number of aliphatic hydroxyl groups is 1. The summed E-state index contributed by atoms with van der Waals surface area (Å²) in [7, 11) is 5.45. The molecular formula is C26H32N2O4. The maximum atomic E-state index is 13.2. The van der Waals surface area contributed by atoms with Crippen LogP contribution in [0.1, 0.15) is 48.1 Å². The lowest BCUT2D eigenvalue weighted by Crippen LogP contribution is -2.35. The number of aliphatic hydroxyl groups excluding tert-OH is 1. The highest BCUT2D eigenvalue weighted by atomic mass is 16.5. The van der Waals surface area contributed by atoms with Crippen LogP contribution in [0.2, 0.25) is 0 Å². The van der Waals surface area contributed by atoms with Crippen molar-refractivity contribution in [3.05, 3.63) is 70.3 Å². The Bertz CT molecular complexity index is 1060. The van der Waals surface area contributed by atoms with Gasteiger partial charge in [0.2, 0.25) is 0 Å². The molecule has 0 bridgehead atoms. The molecule has 0 saturated carbocycles. The van der Waals surface area contributed by atoms with Crippen molar-refractivity contribution in [2.45, 2.75) is 32.7 Å². The molecule has 3 rings (SSSR count). The molecule has 0 spiro atoms. The minimum atomic E-state index is -0.656. The third-order valence-electron chi connectivity index (χ3n) is 5.94. The summed E-state index contributed by atoms with van der Waals surface area (Å²) in [5.74, 6) is -0.519. The van der Waals surface area contributed by atoms with Crippen LogP contribution in [0, 0.1) is 6.92 Å². The molecule has 1 N–H and O–H groups in total. The zero-order valence-corrected chi connectivity index (χ0v) is 19.7. The van der Waals surface area contributed by atoms with Crippen molar-refractivity contribution in [3.63, 3.8) is 0 Å². The molecule has 1 saturated heterocycles. The molecule has 1 amide bonds. The summed E-state index contributed by atoms with van der Waals surface area (Å²) in [6.07, 6.45) is 0. The van der Waals surface area contributed by atoms with E-state index in [1.54, 1.807) is 24.1 Å². The van der Waals surface area contributed by atoms with Gasteiger partial charge in [-0.3, -0.25) is 9.59 Å². The van der Waals surface area contributed by atoms with Crippen molar-refractivity contribution in [2.24, 2.45) is 0 Å². The Morgan fingerprint density at radius 2 is 1.84 bits per heavy atom. The van der Waals surface area contributed by atoms with Gasteiger partial charge in [0, 0.05) is 18.7 Å². The Hall–Kier alpha value is -3.12. The molecule has 1 heterocycles. The fourth-order valence-corrected chi connectivity index (χ4v) is 4.12. The number of rotatable bonds is 7. The Morgan fingerprint density at radius 1 is 1.16 bits per heavy atom. The SMILES string of the molecule is COc1ccc(/C(O)=C2\C(=O)C(=O)N(CCN(C)C)C2c2ccccc2C)cc1C(C)C. The fourth-order valence-electron chi connectivity index (χ4n) is 4.12. The maximum absolute atomic E-state index is 13.2. The number of benzene rings is 2. The molecular weight excluding hydrogens is 404 g/mol. The van der Waals surface area contributed by atoms with Gasteiger partial charge in [-0.1, -0.05) is 38.1 Å². The number of ketones is 1. The Morgan fingerprint density at radius 3 is 2.44 bits per heavy atom. The quantitative estimate of drug-likeness (QED) is 0.402. The first kappa shape index (κ1) is 23.5. The number of Topliss-reactive ketones (excluding diaryl/α,β-unsaturated/α-hetero) is 1. The highest BCUT2D eigenvalue weighted by molar-refractivity contribution is 6.46. The van der Waals surface area contributed by atoms with Crippen LogP contribution in [0.25, 0.3) is 5.76 Å². The molecule has 2 aromatic carbocycles. The summed E-state index contributed by atoms with van der Waals surface area (Å²) in [5.41, 5.74) is 3.34. The highest BCUT2D eigenvalue weighted by Crippen LogP contribution is 2.41. The molecule has 0 aromatic heterocycles. The number of likely N-dealkylation sites (N-methyl/N-ethyl adjacent to an activating group) is 1. The van der Waals surface area contributed by atoms with Crippen LogP contribution in [0.5, 0.6) is 5.75 Å². The number of likely N-dealkylation sites (tertiary alicyclic amines) is 1. The molecule has 1 fully saturated rings. The van der Waals surface area contributed by atoms with E-state index >= 15 is 0 Å². The number of aryl methyl sites for hydroxylation is 1. The zero-order chi connectivity index (χ0) is 23.6. The number of carbonyl (C=O) groups excluding carboxylic acids is 2. The lowest BCUT2D eigenvalue weighted by molar-refractivity contribution is -0.140. The van der Waals surface area contributed by atoms with E-state index in [1.807, 2.05) is 70.1 Å². The Kier molecular flexibility index (Phi) is 7.04. The van der Waals surface area contributed by atoms with E-state index in [-0.39, 0.29) is 17.3 Å². The second-order valence-corrected chi connectivity index (χ2v) is 8.76. The molecule has 0 aliphatic carbocycles. The van der Waals surface area contributed by atoms with E-state index < -0.39 is 17.7 Å². The predicted molar refractivity (Wildman–Crippen MR) is 126 cm³/mol. The van der Waals surface area contributed by atoms with E-state index in [9.17, 15) is 14.7 Å². The van der Waals surface area contributed by atoms with E-state index in [0.717, 1.165) is 22.4 Å². The molecule has 1 aliphatic heterocycles. The first-order chi connectivity index (χ1) is 15.2. The van der Waals surface area contributed by atoms with Gasteiger partial charge in [0.1, 0.15) is 11.5 Å². The van der Waals surface area contributed by atoms with Crippen LogP contribution in [-0.4, -0.2) is 60.9 Å². The standard InChI is InChI=1S/C26H32N2O4/c1-16(2)20-15-18(11-12-21(20)32-6)24(29)22-23(19-10-8-7-9-17(19)3)28(14-13-27(4)5)26(31)25(22)30/h7-12,15-16,23,29H,13-14H2,1-6H3/b24-22+. The molecule has 2 aromatic rings. The molecule has 32 heavy (non-hydrogen) atoms. The molecule has 6 nitrogen and oxygen atoms in total. The van der Waals surface area contributed by atoms with Gasteiger partial charge in [-0.25, -0.2) is 0 Å². The van der Waals surface area contributed by atoms with Crippen molar-refractivity contribution in [3.8, 4) is 5.75 Å². The van der Waals surface area contributed by atoms with Gasteiger partial charge in [-0.2, -0.15) is 0 Å². The van der Waals surface area contributed by atoms with Gasteiger partial charge >= 0.3 is 0 Å². The zero-order valence-electron chi connectivity index (χ0n) is 19.7. The number of amides is 1. The number of hydrogen-bond donors (Lipinski definition) is 1. The molecule has 1 atom stereocenters. The molecule has 1 aliphatic rings. The number of carbonyl (C=O) groups is 2. The van der Waals surface area contributed by atoms with Gasteiger partial charge in [-0.05, 0) is 61.8 Å². The normalized spacial score (nSPS) is 18.1. The first-order valence-electron chi connectivity index (χ1n) is 10.8. The van der Waals surface area contributed by atoms with Crippen LogP contribution < -0.4 is 4.74 Å². The third kappa shape index (κ3) is 4.41. The van der Waals surface area contributed by atoms with E-state index in [2.05, 4.69) is 0 Å². The summed E-state index contributed by atoms with van der Waals surface area (Å²) < 4.78 is 5.45. The maximum Gasteiger partial charge on any atom is 0.295 e.